The Labute approximate surface area is 104 Å². The number of nitrogens with one attached hydrogen (secondary N) is 1. The summed E-state index contributed by atoms with van der Waals surface area (Å²) in [6.45, 7) is 1.94. The quantitative estimate of drug-likeness (QED) is 0.787. The zero-order chi connectivity index (χ0) is 12.4. The summed E-state index contributed by atoms with van der Waals surface area (Å²) in [5, 5.41) is 3.69. The molecule has 0 unspecified atom stereocenters. The van der Waals surface area contributed by atoms with Gasteiger partial charge in [-0.05, 0) is 42.8 Å². The van der Waals surface area contributed by atoms with Crippen LogP contribution in [0, 0.1) is 12.7 Å². The lowest BCUT2D eigenvalue weighted by Crippen LogP contribution is -1.98. The molecule has 3 N–H and O–H groups in total. The normalized spacial score (nSPS) is 10.3. The summed E-state index contributed by atoms with van der Waals surface area (Å²) < 4.78 is 13.1. The Kier molecular flexibility index (Phi) is 3.20. The van der Waals surface area contributed by atoms with Crippen molar-refractivity contribution in [1.82, 2.24) is 0 Å². The predicted octanol–water partition coefficient (Wildman–Crippen LogP) is 4.11. The van der Waals surface area contributed by atoms with Crippen LogP contribution in [0.2, 0.25) is 5.02 Å². The first kappa shape index (κ1) is 11.7. The number of nitrogen functional groups attached to an aromatic ring is 1. The number of halogens is 2. The third-order valence-corrected chi connectivity index (χ3v) is 2.72. The number of aryl methyl sites for hydroxylation is 1. The molecule has 0 heterocycles. The van der Waals surface area contributed by atoms with E-state index in [2.05, 4.69) is 5.32 Å². The summed E-state index contributed by atoms with van der Waals surface area (Å²) in [5.74, 6) is -0.332. The van der Waals surface area contributed by atoms with E-state index in [0.29, 0.717) is 16.4 Å². The number of hydrogen-bond donors (Lipinski definition) is 2. The van der Waals surface area contributed by atoms with Gasteiger partial charge in [-0.3, -0.25) is 0 Å². The SMILES string of the molecule is Cc1ccc(Cl)cc1Nc1cc(F)ccc1N. The second kappa shape index (κ2) is 4.63. The van der Waals surface area contributed by atoms with Gasteiger partial charge in [0, 0.05) is 10.7 Å². The van der Waals surface area contributed by atoms with Crippen molar-refractivity contribution in [2.24, 2.45) is 0 Å². The van der Waals surface area contributed by atoms with Gasteiger partial charge in [-0.2, -0.15) is 0 Å². The van der Waals surface area contributed by atoms with Crippen LogP contribution in [0.5, 0.6) is 0 Å². The molecule has 0 amide bonds. The molecule has 0 radical (unpaired) electrons. The fraction of sp³-hybridized carbons (Fsp3) is 0.0769. The summed E-state index contributed by atoms with van der Waals surface area (Å²) in [5.41, 5.74) is 8.62. The lowest BCUT2D eigenvalue weighted by atomic mass is 10.2. The van der Waals surface area contributed by atoms with Crippen LogP contribution in [0.3, 0.4) is 0 Å². The zero-order valence-corrected chi connectivity index (χ0v) is 10.1. The maximum Gasteiger partial charge on any atom is 0.125 e. The van der Waals surface area contributed by atoms with Gasteiger partial charge in [0.05, 0.1) is 11.4 Å². The minimum Gasteiger partial charge on any atom is -0.397 e. The molecule has 17 heavy (non-hydrogen) atoms. The van der Waals surface area contributed by atoms with E-state index in [4.69, 9.17) is 17.3 Å². The van der Waals surface area contributed by atoms with E-state index in [1.807, 2.05) is 13.0 Å². The Morgan fingerprint density at radius 3 is 2.65 bits per heavy atom. The molecule has 2 aromatic carbocycles. The van der Waals surface area contributed by atoms with Crippen molar-refractivity contribution in [1.29, 1.82) is 0 Å². The second-order valence-electron chi connectivity index (χ2n) is 3.82. The van der Waals surface area contributed by atoms with Crippen molar-refractivity contribution in [3.8, 4) is 0 Å². The number of anilines is 3. The second-order valence-corrected chi connectivity index (χ2v) is 4.25. The van der Waals surface area contributed by atoms with Gasteiger partial charge in [-0.15, -0.1) is 0 Å². The molecule has 0 aromatic heterocycles. The van der Waals surface area contributed by atoms with E-state index in [1.54, 1.807) is 12.1 Å². The molecule has 2 aromatic rings. The number of rotatable bonds is 2. The number of nitrogens with two attached hydrogens (primary N) is 1. The molecular formula is C13H12ClFN2. The maximum atomic E-state index is 13.1. The average molecular weight is 251 g/mol. The molecule has 0 aliphatic heterocycles. The van der Waals surface area contributed by atoms with E-state index in [0.717, 1.165) is 11.3 Å². The van der Waals surface area contributed by atoms with E-state index >= 15 is 0 Å². The molecule has 88 valence electrons. The Hall–Kier alpha value is -1.74. The van der Waals surface area contributed by atoms with E-state index < -0.39 is 0 Å². The van der Waals surface area contributed by atoms with Gasteiger partial charge in [0.15, 0.2) is 0 Å². The van der Waals surface area contributed by atoms with Crippen LogP contribution in [0.1, 0.15) is 5.56 Å². The van der Waals surface area contributed by atoms with Crippen molar-refractivity contribution in [3.05, 3.63) is 52.8 Å². The molecule has 4 heteroatoms. The monoisotopic (exact) mass is 250 g/mol. The predicted molar refractivity (Wildman–Crippen MR) is 70.3 cm³/mol. The highest BCUT2D eigenvalue weighted by Gasteiger charge is 2.04. The summed E-state index contributed by atoms with van der Waals surface area (Å²) in [6.07, 6.45) is 0. The van der Waals surface area contributed by atoms with Crippen molar-refractivity contribution >= 4 is 28.7 Å². The maximum absolute atomic E-state index is 13.1. The molecule has 0 spiro atoms. The van der Waals surface area contributed by atoms with Crippen LogP contribution in [-0.2, 0) is 0 Å². The average Bonchev–Trinajstić information content (AvgIpc) is 2.28. The fourth-order valence-corrected chi connectivity index (χ4v) is 1.68. The molecular weight excluding hydrogens is 239 g/mol. The lowest BCUT2D eigenvalue weighted by Gasteiger charge is -2.12. The standard InChI is InChI=1S/C13H12ClFN2/c1-8-2-3-9(14)6-12(8)17-13-7-10(15)4-5-11(13)16/h2-7,17H,16H2,1H3. The first-order chi connectivity index (χ1) is 8.06. The fourth-order valence-electron chi connectivity index (χ4n) is 1.51. The smallest absolute Gasteiger partial charge is 0.125 e. The van der Waals surface area contributed by atoms with Crippen LogP contribution < -0.4 is 11.1 Å². The zero-order valence-electron chi connectivity index (χ0n) is 9.30. The molecule has 0 aliphatic carbocycles. The van der Waals surface area contributed by atoms with Crippen molar-refractivity contribution in [2.45, 2.75) is 6.92 Å². The first-order valence-corrected chi connectivity index (χ1v) is 5.52. The third kappa shape index (κ3) is 2.68. The molecule has 0 saturated heterocycles. The van der Waals surface area contributed by atoms with Gasteiger partial charge in [0.1, 0.15) is 5.82 Å². The molecule has 2 nitrogen and oxygen atoms in total. The molecule has 0 aliphatic rings. The van der Waals surface area contributed by atoms with Crippen LogP contribution in [-0.4, -0.2) is 0 Å². The van der Waals surface area contributed by atoms with Crippen LogP contribution in [0.25, 0.3) is 0 Å². The molecule has 0 bridgehead atoms. The third-order valence-electron chi connectivity index (χ3n) is 2.48. The Balaban J connectivity index is 2.37. The Morgan fingerprint density at radius 1 is 1.12 bits per heavy atom. The highest BCUT2D eigenvalue weighted by Crippen LogP contribution is 2.27. The van der Waals surface area contributed by atoms with Crippen LogP contribution in [0.15, 0.2) is 36.4 Å². The van der Waals surface area contributed by atoms with Gasteiger partial charge < -0.3 is 11.1 Å². The molecule has 0 fully saturated rings. The van der Waals surface area contributed by atoms with Crippen molar-refractivity contribution < 1.29 is 4.39 Å². The minimum atomic E-state index is -0.332. The van der Waals surface area contributed by atoms with Gasteiger partial charge >= 0.3 is 0 Å². The topological polar surface area (TPSA) is 38.0 Å². The van der Waals surface area contributed by atoms with Crippen LogP contribution >= 0.6 is 11.6 Å². The van der Waals surface area contributed by atoms with Gasteiger partial charge in [-0.25, -0.2) is 4.39 Å². The highest BCUT2D eigenvalue weighted by molar-refractivity contribution is 6.30. The van der Waals surface area contributed by atoms with Crippen molar-refractivity contribution in [2.75, 3.05) is 11.1 Å². The molecule has 0 saturated carbocycles. The summed E-state index contributed by atoms with van der Waals surface area (Å²) in [4.78, 5) is 0. The summed E-state index contributed by atoms with van der Waals surface area (Å²) >= 11 is 5.91. The van der Waals surface area contributed by atoms with Crippen LogP contribution in [0.4, 0.5) is 21.5 Å². The van der Waals surface area contributed by atoms with E-state index in [9.17, 15) is 4.39 Å². The lowest BCUT2D eigenvalue weighted by molar-refractivity contribution is 0.628. The Morgan fingerprint density at radius 2 is 1.88 bits per heavy atom. The molecule has 0 atom stereocenters. The number of hydrogen-bond acceptors (Lipinski definition) is 2. The summed E-state index contributed by atoms with van der Waals surface area (Å²) in [7, 11) is 0. The van der Waals surface area contributed by atoms with Gasteiger partial charge in [-0.1, -0.05) is 17.7 Å². The first-order valence-electron chi connectivity index (χ1n) is 5.14. The minimum absolute atomic E-state index is 0.332. The van der Waals surface area contributed by atoms with E-state index in [-0.39, 0.29) is 5.82 Å². The number of benzene rings is 2. The van der Waals surface area contributed by atoms with Gasteiger partial charge in [0.2, 0.25) is 0 Å². The van der Waals surface area contributed by atoms with Gasteiger partial charge in [0.25, 0.3) is 0 Å². The molecule has 2 rings (SSSR count). The largest absolute Gasteiger partial charge is 0.397 e. The van der Waals surface area contributed by atoms with Crippen molar-refractivity contribution in [3.63, 3.8) is 0 Å². The highest BCUT2D eigenvalue weighted by atomic mass is 35.5. The van der Waals surface area contributed by atoms with E-state index in [1.165, 1.54) is 18.2 Å². The Bertz CT molecular complexity index is 506. The summed E-state index contributed by atoms with van der Waals surface area (Å²) in [6, 6.07) is 9.68.